The van der Waals surface area contributed by atoms with Gasteiger partial charge in [0.1, 0.15) is 5.82 Å². The molecule has 10 heteroatoms. The van der Waals surface area contributed by atoms with Crippen molar-refractivity contribution in [2.45, 2.75) is 45.6 Å². The largest absolute Gasteiger partial charge is 0.378 e. The number of anilines is 1. The normalized spacial score (nSPS) is 18.9. The van der Waals surface area contributed by atoms with Crippen LogP contribution in [0.2, 0.25) is 0 Å². The van der Waals surface area contributed by atoms with Gasteiger partial charge in [0, 0.05) is 39.1 Å². The second-order valence-corrected chi connectivity index (χ2v) is 9.66. The summed E-state index contributed by atoms with van der Waals surface area (Å²) in [5, 5.41) is 0. The lowest BCUT2D eigenvalue weighted by molar-refractivity contribution is 0.0619. The third kappa shape index (κ3) is 3.71. The molecular formula is C26H32N8O2. The first-order valence-electron chi connectivity index (χ1n) is 12.9. The smallest absolute Gasteiger partial charge is 0.290 e. The molecule has 0 aliphatic carbocycles. The molecule has 4 aromatic rings. The molecule has 6 rings (SSSR count). The first-order chi connectivity index (χ1) is 17.6. The van der Waals surface area contributed by atoms with E-state index in [-0.39, 0.29) is 11.9 Å². The summed E-state index contributed by atoms with van der Waals surface area (Å²) in [4.78, 5) is 37.5. The molecule has 188 valence electrons. The minimum Gasteiger partial charge on any atom is -0.378 e. The Kier molecular flexibility index (Phi) is 5.83. The van der Waals surface area contributed by atoms with E-state index in [0.29, 0.717) is 49.2 Å². The van der Waals surface area contributed by atoms with Gasteiger partial charge in [-0.25, -0.2) is 9.97 Å². The Balaban J connectivity index is 1.55. The number of carbonyl (C=O) groups is 1. The van der Waals surface area contributed by atoms with Crippen LogP contribution in [0.4, 0.5) is 5.82 Å². The third-order valence-electron chi connectivity index (χ3n) is 7.40. The molecule has 1 amide bonds. The van der Waals surface area contributed by atoms with E-state index in [1.807, 2.05) is 45.3 Å². The molecular weight excluding hydrogens is 456 g/mol. The topological polar surface area (TPSA) is 94.2 Å². The van der Waals surface area contributed by atoms with E-state index in [4.69, 9.17) is 24.7 Å². The number of hydrogen-bond acceptors (Lipinski definition) is 7. The number of piperidine rings is 1. The van der Waals surface area contributed by atoms with Crippen LogP contribution in [-0.2, 0) is 18.2 Å². The van der Waals surface area contributed by atoms with E-state index in [1.54, 1.807) is 0 Å². The first kappa shape index (κ1) is 22.9. The number of ether oxygens (including phenoxy) is 1. The quantitative estimate of drug-likeness (QED) is 0.436. The zero-order valence-electron chi connectivity index (χ0n) is 21.1. The summed E-state index contributed by atoms with van der Waals surface area (Å²) in [6.07, 6.45) is 3.94. The molecule has 3 aromatic heterocycles. The molecule has 2 aliphatic heterocycles. The summed E-state index contributed by atoms with van der Waals surface area (Å²) in [6.45, 7) is 7.63. The zero-order valence-corrected chi connectivity index (χ0v) is 21.1. The highest BCUT2D eigenvalue weighted by Gasteiger charge is 2.30. The van der Waals surface area contributed by atoms with Gasteiger partial charge in [0.25, 0.3) is 5.91 Å². The monoisotopic (exact) mass is 488 g/mol. The maximum Gasteiger partial charge on any atom is 0.290 e. The first-order valence-corrected chi connectivity index (χ1v) is 12.9. The van der Waals surface area contributed by atoms with Crippen LogP contribution in [0.1, 0.15) is 49.6 Å². The molecule has 1 unspecified atom stereocenters. The van der Waals surface area contributed by atoms with Crippen molar-refractivity contribution in [1.29, 1.82) is 0 Å². The number of benzene rings is 1. The van der Waals surface area contributed by atoms with Crippen LogP contribution in [0.5, 0.6) is 0 Å². The van der Waals surface area contributed by atoms with Gasteiger partial charge in [0.15, 0.2) is 17.0 Å². The number of aromatic nitrogens is 6. The number of nitrogens with zero attached hydrogens (tertiary/aromatic N) is 8. The minimum atomic E-state index is -0.0421. The molecule has 10 nitrogen and oxygen atoms in total. The molecule has 1 aromatic carbocycles. The SMILES string of the molecule is CCc1nc2ccccc2n1-c1nc(N2CCOCC2)c2nc(C(=O)N3CCCCC3C)n(C)c2n1. The second-order valence-electron chi connectivity index (χ2n) is 9.66. The van der Waals surface area contributed by atoms with Crippen LogP contribution < -0.4 is 4.90 Å². The van der Waals surface area contributed by atoms with Gasteiger partial charge in [-0.05, 0) is 38.3 Å². The van der Waals surface area contributed by atoms with Crippen molar-refractivity contribution in [3.05, 3.63) is 35.9 Å². The maximum absolute atomic E-state index is 13.6. The van der Waals surface area contributed by atoms with E-state index >= 15 is 0 Å². The fraction of sp³-hybridized carbons (Fsp3) is 0.500. The number of carbonyl (C=O) groups excluding carboxylic acids is 1. The van der Waals surface area contributed by atoms with Gasteiger partial charge >= 0.3 is 0 Å². The molecule has 0 bridgehead atoms. The Hall–Kier alpha value is -3.53. The summed E-state index contributed by atoms with van der Waals surface area (Å²) in [6, 6.07) is 8.24. The number of fused-ring (bicyclic) bond motifs is 2. The van der Waals surface area contributed by atoms with Crippen molar-refractivity contribution in [2.75, 3.05) is 37.7 Å². The van der Waals surface area contributed by atoms with E-state index in [2.05, 4.69) is 18.7 Å². The minimum absolute atomic E-state index is 0.0421. The van der Waals surface area contributed by atoms with Crippen molar-refractivity contribution < 1.29 is 9.53 Å². The molecule has 0 N–H and O–H groups in total. The lowest BCUT2D eigenvalue weighted by atomic mass is 10.0. The Bertz CT molecular complexity index is 1440. The molecule has 0 radical (unpaired) electrons. The van der Waals surface area contributed by atoms with E-state index in [9.17, 15) is 4.79 Å². The van der Waals surface area contributed by atoms with Gasteiger partial charge in [0.2, 0.25) is 11.8 Å². The predicted molar refractivity (Wildman–Crippen MR) is 138 cm³/mol. The molecule has 0 spiro atoms. The Morgan fingerprint density at radius 2 is 1.86 bits per heavy atom. The Labute approximate surface area is 209 Å². The summed E-state index contributed by atoms with van der Waals surface area (Å²) < 4.78 is 9.46. The van der Waals surface area contributed by atoms with E-state index < -0.39 is 0 Å². The highest BCUT2D eigenvalue weighted by atomic mass is 16.5. The fourth-order valence-corrected chi connectivity index (χ4v) is 5.39. The summed E-state index contributed by atoms with van der Waals surface area (Å²) in [5.41, 5.74) is 3.17. The van der Waals surface area contributed by atoms with Crippen LogP contribution >= 0.6 is 0 Å². The van der Waals surface area contributed by atoms with Gasteiger partial charge < -0.3 is 19.1 Å². The van der Waals surface area contributed by atoms with Gasteiger partial charge in [0.05, 0.1) is 24.2 Å². The number of amides is 1. The lowest BCUT2D eigenvalue weighted by Crippen LogP contribution is -2.43. The van der Waals surface area contributed by atoms with Crippen LogP contribution in [0.15, 0.2) is 24.3 Å². The second kappa shape index (κ2) is 9.16. The number of hydrogen-bond donors (Lipinski definition) is 0. The average Bonchev–Trinajstić information content (AvgIpc) is 3.46. The molecule has 5 heterocycles. The van der Waals surface area contributed by atoms with E-state index in [1.165, 1.54) is 0 Å². The number of para-hydroxylation sites is 2. The molecule has 0 saturated carbocycles. The number of rotatable bonds is 4. The number of imidazole rings is 2. The number of likely N-dealkylation sites (tertiary alicyclic amines) is 1. The average molecular weight is 489 g/mol. The van der Waals surface area contributed by atoms with Crippen molar-refractivity contribution in [3.63, 3.8) is 0 Å². The Morgan fingerprint density at radius 3 is 2.64 bits per heavy atom. The van der Waals surface area contributed by atoms with Crippen LogP contribution in [0.3, 0.4) is 0 Å². The van der Waals surface area contributed by atoms with Crippen LogP contribution in [0, 0.1) is 0 Å². The van der Waals surface area contributed by atoms with Crippen molar-refractivity contribution in [3.8, 4) is 5.95 Å². The molecule has 2 aliphatic rings. The van der Waals surface area contributed by atoms with Gasteiger partial charge in [-0.1, -0.05) is 19.1 Å². The highest BCUT2D eigenvalue weighted by molar-refractivity contribution is 5.97. The van der Waals surface area contributed by atoms with Crippen molar-refractivity contribution in [2.24, 2.45) is 7.05 Å². The fourth-order valence-electron chi connectivity index (χ4n) is 5.39. The van der Waals surface area contributed by atoms with E-state index in [0.717, 1.165) is 54.9 Å². The predicted octanol–water partition coefficient (Wildman–Crippen LogP) is 3.12. The molecule has 36 heavy (non-hydrogen) atoms. The van der Waals surface area contributed by atoms with Crippen molar-refractivity contribution >= 4 is 33.9 Å². The number of morpholine rings is 1. The van der Waals surface area contributed by atoms with Gasteiger partial charge in [-0.15, -0.1) is 0 Å². The molecule has 2 saturated heterocycles. The summed E-state index contributed by atoms with van der Waals surface area (Å²) >= 11 is 0. The highest BCUT2D eigenvalue weighted by Crippen LogP contribution is 2.29. The number of aryl methyl sites for hydroxylation is 2. The third-order valence-corrected chi connectivity index (χ3v) is 7.40. The van der Waals surface area contributed by atoms with Crippen molar-refractivity contribution in [1.82, 2.24) is 34.0 Å². The zero-order chi connectivity index (χ0) is 24.8. The maximum atomic E-state index is 13.6. The van der Waals surface area contributed by atoms with Crippen LogP contribution in [-0.4, -0.2) is 78.8 Å². The van der Waals surface area contributed by atoms with Gasteiger partial charge in [-0.3, -0.25) is 9.36 Å². The van der Waals surface area contributed by atoms with Crippen LogP contribution in [0.25, 0.3) is 28.1 Å². The summed E-state index contributed by atoms with van der Waals surface area (Å²) in [5.74, 6) is 2.54. The lowest BCUT2D eigenvalue weighted by Gasteiger charge is -2.33. The molecule has 2 fully saturated rings. The summed E-state index contributed by atoms with van der Waals surface area (Å²) in [7, 11) is 1.88. The van der Waals surface area contributed by atoms with Gasteiger partial charge in [-0.2, -0.15) is 9.97 Å². The molecule has 1 atom stereocenters. The standard InChI is InChI=1S/C26H32N8O2/c1-4-20-27-18-10-5-6-11-19(18)34(20)26-29-22-21(23(30-26)32-13-15-36-16-14-32)28-24(31(22)3)25(35)33-12-8-7-9-17(33)2/h5-6,10-11,17H,4,7-9,12-16H2,1-3H3. The Morgan fingerprint density at radius 1 is 1.06 bits per heavy atom.